The van der Waals surface area contributed by atoms with Gasteiger partial charge < -0.3 is 18.9 Å². The van der Waals surface area contributed by atoms with E-state index in [1.807, 2.05) is 30.3 Å². The Morgan fingerprint density at radius 2 is 1.67 bits per heavy atom. The van der Waals surface area contributed by atoms with Crippen molar-refractivity contribution in [3.63, 3.8) is 0 Å². The lowest BCUT2D eigenvalue weighted by molar-refractivity contribution is -0.260. The van der Waals surface area contributed by atoms with Crippen LogP contribution in [0.15, 0.2) is 30.0 Å². The highest BCUT2D eigenvalue weighted by molar-refractivity contribution is 5.61. The zero-order valence-corrected chi connectivity index (χ0v) is 11.1. The molecule has 0 spiro atoms. The van der Waals surface area contributed by atoms with Crippen LogP contribution in [0.25, 0.3) is 6.08 Å². The molecule has 0 aliphatic heterocycles. The van der Waals surface area contributed by atoms with Gasteiger partial charge in [-0.05, 0) is 17.2 Å². The van der Waals surface area contributed by atoms with Gasteiger partial charge in [0.2, 0.25) is 0 Å². The van der Waals surface area contributed by atoms with Gasteiger partial charge in [0.25, 0.3) is 5.79 Å². The van der Waals surface area contributed by atoms with Crippen LogP contribution in [0.1, 0.15) is 17.2 Å². The quantitative estimate of drug-likeness (QED) is 0.769. The number of rotatable bonds is 4. The summed E-state index contributed by atoms with van der Waals surface area (Å²) in [5, 5.41) is 0. The summed E-state index contributed by atoms with van der Waals surface area (Å²) in [7, 11) is 6.39. The van der Waals surface area contributed by atoms with E-state index >= 15 is 0 Å². The third kappa shape index (κ3) is 1.73. The fourth-order valence-electron chi connectivity index (χ4n) is 2.44. The molecule has 0 saturated heterocycles. The van der Waals surface area contributed by atoms with E-state index in [9.17, 15) is 0 Å². The smallest absolute Gasteiger partial charge is 0.258 e. The van der Waals surface area contributed by atoms with Crippen molar-refractivity contribution in [3.8, 4) is 0 Å². The molecule has 1 aromatic carbocycles. The van der Waals surface area contributed by atoms with Gasteiger partial charge in [0.15, 0.2) is 5.76 Å². The maximum absolute atomic E-state index is 5.58. The molecule has 0 radical (unpaired) electrons. The van der Waals surface area contributed by atoms with Crippen LogP contribution in [0.4, 0.5) is 0 Å². The highest BCUT2D eigenvalue weighted by Gasteiger charge is 2.49. The molecule has 0 bridgehead atoms. The average molecular weight is 250 g/mol. The minimum atomic E-state index is -1.04. The Morgan fingerprint density at radius 3 is 2.22 bits per heavy atom. The SMILES string of the molecule is COC1=Cc2ccccc2C(OC)C1(OC)OC. The predicted molar refractivity (Wildman–Crippen MR) is 67.9 cm³/mol. The van der Waals surface area contributed by atoms with Crippen LogP contribution < -0.4 is 0 Å². The third-order valence-electron chi connectivity index (χ3n) is 3.32. The van der Waals surface area contributed by atoms with Crippen molar-refractivity contribution in [1.82, 2.24) is 0 Å². The summed E-state index contributed by atoms with van der Waals surface area (Å²) in [4.78, 5) is 0. The maximum Gasteiger partial charge on any atom is 0.258 e. The molecule has 1 unspecified atom stereocenters. The van der Waals surface area contributed by atoms with E-state index in [0.717, 1.165) is 11.1 Å². The molecule has 1 aromatic rings. The summed E-state index contributed by atoms with van der Waals surface area (Å²) in [5.41, 5.74) is 2.07. The molecular formula is C14H18O4. The summed E-state index contributed by atoms with van der Waals surface area (Å²) < 4.78 is 22.1. The van der Waals surface area contributed by atoms with Gasteiger partial charge >= 0.3 is 0 Å². The molecule has 0 amide bonds. The highest BCUT2D eigenvalue weighted by atomic mass is 16.7. The van der Waals surface area contributed by atoms with E-state index in [-0.39, 0.29) is 6.10 Å². The largest absolute Gasteiger partial charge is 0.495 e. The molecule has 1 aliphatic carbocycles. The molecule has 2 rings (SSSR count). The third-order valence-corrected chi connectivity index (χ3v) is 3.32. The van der Waals surface area contributed by atoms with Crippen molar-refractivity contribution in [3.05, 3.63) is 41.2 Å². The Morgan fingerprint density at radius 1 is 1.00 bits per heavy atom. The van der Waals surface area contributed by atoms with E-state index in [0.29, 0.717) is 5.76 Å². The lowest BCUT2D eigenvalue weighted by atomic mass is 9.88. The standard InChI is InChI=1S/C14H18O4/c1-15-12-9-10-7-5-6-8-11(10)13(16-2)14(12,17-3)18-4/h5-9,13H,1-4H3. The fourth-order valence-corrected chi connectivity index (χ4v) is 2.44. The molecule has 0 saturated carbocycles. The highest BCUT2D eigenvalue weighted by Crippen LogP contribution is 2.44. The predicted octanol–water partition coefficient (Wildman–Crippen LogP) is 2.36. The molecule has 0 N–H and O–H groups in total. The first-order valence-electron chi connectivity index (χ1n) is 5.71. The molecule has 1 atom stereocenters. The van der Waals surface area contributed by atoms with Crippen molar-refractivity contribution in [2.75, 3.05) is 28.4 Å². The van der Waals surface area contributed by atoms with Crippen LogP contribution in [0.5, 0.6) is 0 Å². The number of methoxy groups -OCH3 is 4. The molecule has 4 nitrogen and oxygen atoms in total. The Hall–Kier alpha value is -1.36. The molecule has 18 heavy (non-hydrogen) atoms. The summed E-state index contributed by atoms with van der Waals surface area (Å²) in [6.07, 6.45) is 1.54. The number of benzene rings is 1. The zero-order valence-electron chi connectivity index (χ0n) is 11.1. The molecule has 0 heterocycles. The van der Waals surface area contributed by atoms with Gasteiger partial charge in [0.05, 0.1) is 7.11 Å². The van der Waals surface area contributed by atoms with E-state index in [1.54, 1.807) is 28.4 Å². The lowest BCUT2D eigenvalue weighted by Gasteiger charge is -2.41. The molecule has 0 fully saturated rings. The van der Waals surface area contributed by atoms with E-state index in [2.05, 4.69) is 0 Å². The Kier molecular flexibility index (Phi) is 3.71. The van der Waals surface area contributed by atoms with Crippen LogP contribution in [0.2, 0.25) is 0 Å². The number of fused-ring (bicyclic) bond motifs is 1. The first-order valence-corrected chi connectivity index (χ1v) is 5.71. The Balaban J connectivity index is 2.63. The van der Waals surface area contributed by atoms with Crippen molar-refractivity contribution in [2.24, 2.45) is 0 Å². The molecule has 0 aromatic heterocycles. The van der Waals surface area contributed by atoms with Crippen LogP contribution >= 0.6 is 0 Å². The van der Waals surface area contributed by atoms with Crippen LogP contribution in [0, 0.1) is 0 Å². The normalized spacial score (nSPS) is 21.1. The summed E-state index contributed by atoms with van der Waals surface area (Å²) >= 11 is 0. The van der Waals surface area contributed by atoms with Crippen LogP contribution in [-0.4, -0.2) is 34.2 Å². The van der Waals surface area contributed by atoms with Crippen LogP contribution in [0.3, 0.4) is 0 Å². The van der Waals surface area contributed by atoms with E-state index in [4.69, 9.17) is 18.9 Å². The minimum Gasteiger partial charge on any atom is -0.495 e. The Bertz CT molecular complexity index is 449. The van der Waals surface area contributed by atoms with Crippen molar-refractivity contribution in [2.45, 2.75) is 11.9 Å². The Labute approximate surface area is 107 Å². The van der Waals surface area contributed by atoms with Gasteiger partial charge in [0, 0.05) is 21.3 Å². The van der Waals surface area contributed by atoms with Crippen molar-refractivity contribution >= 4 is 6.08 Å². The second kappa shape index (κ2) is 5.10. The van der Waals surface area contributed by atoms with Gasteiger partial charge in [-0.3, -0.25) is 0 Å². The maximum atomic E-state index is 5.58. The second-order valence-electron chi connectivity index (χ2n) is 4.03. The number of hydrogen-bond acceptors (Lipinski definition) is 4. The zero-order chi connectivity index (χ0) is 13.2. The first-order chi connectivity index (χ1) is 8.73. The van der Waals surface area contributed by atoms with Crippen molar-refractivity contribution < 1.29 is 18.9 Å². The summed E-state index contributed by atoms with van der Waals surface area (Å²) in [6.45, 7) is 0. The van der Waals surface area contributed by atoms with Gasteiger partial charge in [-0.2, -0.15) is 0 Å². The van der Waals surface area contributed by atoms with E-state index < -0.39 is 5.79 Å². The monoisotopic (exact) mass is 250 g/mol. The number of hydrogen-bond donors (Lipinski definition) is 0. The van der Waals surface area contributed by atoms with Gasteiger partial charge in [0.1, 0.15) is 6.10 Å². The average Bonchev–Trinajstić information content (AvgIpc) is 2.44. The van der Waals surface area contributed by atoms with Gasteiger partial charge in [-0.25, -0.2) is 0 Å². The molecular weight excluding hydrogens is 232 g/mol. The first kappa shape index (κ1) is 13.1. The summed E-state index contributed by atoms with van der Waals surface area (Å²) in [5.74, 6) is -0.448. The second-order valence-corrected chi connectivity index (χ2v) is 4.03. The lowest BCUT2D eigenvalue weighted by Crippen LogP contribution is -2.45. The van der Waals surface area contributed by atoms with Crippen LogP contribution in [-0.2, 0) is 18.9 Å². The van der Waals surface area contributed by atoms with Crippen molar-refractivity contribution in [1.29, 1.82) is 0 Å². The van der Waals surface area contributed by atoms with Gasteiger partial charge in [-0.15, -0.1) is 0 Å². The topological polar surface area (TPSA) is 36.9 Å². The molecule has 98 valence electrons. The molecule has 1 aliphatic rings. The van der Waals surface area contributed by atoms with Gasteiger partial charge in [-0.1, -0.05) is 24.3 Å². The molecule has 4 heteroatoms. The van der Waals surface area contributed by atoms with E-state index in [1.165, 1.54) is 0 Å². The number of ether oxygens (including phenoxy) is 4. The minimum absolute atomic E-state index is 0.372. The fraction of sp³-hybridized carbons (Fsp3) is 0.429. The summed E-state index contributed by atoms with van der Waals surface area (Å²) in [6, 6.07) is 7.95.